The van der Waals surface area contributed by atoms with Crippen molar-refractivity contribution in [3.05, 3.63) is 19.3 Å². The molecule has 0 saturated heterocycles. The molecule has 0 bridgehead atoms. The fourth-order valence-electron chi connectivity index (χ4n) is 0.500. The maximum Gasteiger partial charge on any atom is 0 e. The van der Waals surface area contributed by atoms with Crippen molar-refractivity contribution in [1.29, 1.82) is 0 Å². The van der Waals surface area contributed by atoms with E-state index < -0.39 is 0 Å². The molecule has 0 amide bonds. The van der Waals surface area contributed by atoms with Crippen LogP contribution < -0.4 is 0 Å². The SMILES string of the molecule is C.C.C.C[C-](C)C(C)(C)[C-](C)C.C[C-]=O.[CH3-].[Y].[Y]. The van der Waals surface area contributed by atoms with Crippen molar-refractivity contribution in [3.63, 3.8) is 0 Å². The average Bonchev–Trinajstić information content (AvgIpc) is 1.88. The predicted octanol–water partition coefficient (Wildman–Crippen LogP) is 5.71. The number of hydrogen-bond donors (Lipinski definition) is 0. The molecule has 0 spiro atoms. The normalized spacial score (nSPS) is 7.39. The zero-order valence-corrected chi connectivity index (χ0v) is 17.2. The monoisotopic (exact) mass is 410 g/mol. The molecule has 0 unspecified atom stereocenters. The summed E-state index contributed by atoms with van der Waals surface area (Å²) in [5.41, 5.74) is 0.333. The van der Waals surface area contributed by atoms with Crippen LogP contribution in [0.5, 0.6) is 0 Å². The summed E-state index contributed by atoms with van der Waals surface area (Å²) in [5.74, 6) is 2.98. The van der Waals surface area contributed by atoms with Gasteiger partial charge in [-0.25, -0.2) is 0 Å². The smallest absolute Gasteiger partial charge is 0 e. The quantitative estimate of drug-likeness (QED) is 0.533. The van der Waals surface area contributed by atoms with Crippen molar-refractivity contribution in [2.75, 3.05) is 0 Å². The Labute approximate surface area is 170 Å². The summed E-state index contributed by atoms with van der Waals surface area (Å²) in [6.07, 6.45) is 1.50. The van der Waals surface area contributed by atoms with Crippen molar-refractivity contribution >= 4 is 6.29 Å². The molecule has 0 aliphatic carbocycles. The third-order valence-electron chi connectivity index (χ3n) is 2.50. The standard InChI is InChI=1S/C9H18.C2H3O.3CH4.CH3.2Y/c1-7(2)9(5,6)8(3)4;1-2-3;;;;;;/h1-6H3;1H3;3*1H4;1H3;;/q-2;-1;;;;-1;;. The molecule has 0 rings (SSSR count). The Hall–Kier alpha value is 1.88. The van der Waals surface area contributed by atoms with Gasteiger partial charge in [0, 0.05) is 65.4 Å². The third kappa shape index (κ3) is 26.4. The zero-order valence-electron chi connectivity index (χ0n) is 11.6. The van der Waals surface area contributed by atoms with Crippen LogP contribution in [0.2, 0.25) is 0 Å². The molecule has 2 radical (unpaired) electrons. The molecule has 0 atom stereocenters. The summed E-state index contributed by atoms with van der Waals surface area (Å²) in [6.45, 7) is 14.6. The van der Waals surface area contributed by atoms with Crippen LogP contribution >= 0.6 is 0 Å². The average molecular weight is 410 g/mol. The Bertz CT molecular complexity index is 112. The molecule has 0 aromatic rings. The van der Waals surface area contributed by atoms with E-state index in [1.807, 2.05) is 0 Å². The van der Waals surface area contributed by atoms with Gasteiger partial charge in [0.2, 0.25) is 0 Å². The molecule has 0 N–H and O–H groups in total. The van der Waals surface area contributed by atoms with Crippen molar-refractivity contribution in [2.24, 2.45) is 5.41 Å². The van der Waals surface area contributed by atoms with Crippen LogP contribution in [0.3, 0.4) is 0 Å². The first kappa shape index (κ1) is 50.2. The number of hydrogen-bond acceptors (Lipinski definition) is 1. The van der Waals surface area contributed by atoms with E-state index in [1.165, 1.54) is 25.0 Å². The zero-order chi connectivity index (χ0) is 10.4. The minimum Gasteiger partial charge on any atom is -0.542 e. The van der Waals surface area contributed by atoms with E-state index in [0.29, 0.717) is 5.41 Å². The Morgan fingerprint density at radius 3 is 0.944 bits per heavy atom. The van der Waals surface area contributed by atoms with Crippen LogP contribution in [0.15, 0.2) is 0 Å². The van der Waals surface area contributed by atoms with Gasteiger partial charge in [-0.1, -0.05) is 22.3 Å². The van der Waals surface area contributed by atoms with Gasteiger partial charge < -0.3 is 24.1 Å². The summed E-state index contributed by atoms with van der Waals surface area (Å²) < 4.78 is 0. The summed E-state index contributed by atoms with van der Waals surface area (Å²) >= 11 is 0. The van der Waals surface area contributed by atoms with E-state index in [1.54, 1.807) is 0 Å². The van der Waals surface area contributed by atoms with Gasteiger partial charge in [0.1, 0.15) is 0 Å². The van der Waals surface area contributed by atoms with Crippen LogP contribution in [0, 0.1) is 24.7 Å². The van der Waals surface area contributed by atoms with Gasteiger partial charge in [0.05, 0.1) is 0 Å². The predicted molar refractivity (Wildman–Crippen MR) is 80.9 cm³/mol. The van der Waals surface area contributed by atoms with Gasteiger partial charge >= 0.3 is 0 Å². The third-order valence-corrected chi connectivity index (χ3v) is 2.50. The molecule has 1 nitrogen and oxygen atoms in total. The van der Waals surface area contributed by atoms with Gasteiger partial charge in [-0.05, 0) is 0 Å². The van der Waals surface area contributed by atoms with Crippen LogP contribution in [-0.2, 0) is 70.2 Å². The molecule has 0 aromatic heterocycles. The molecule has 0 aromatic carbocycles. The van der Waals surface area contributed by atoms with Gasteiger partial charge in [-0.3, -0.25) is 11.7 Å². The van der Waals surface area contributed by atoms with E-state index in [-0.39, 0.29) is 95.1 Å². The molecule has 3 heteroatoms. The van der Waals surface area contributed by atoms with Crippen molar-refractivity contribution in [1.82, 2.24) is 0 Å². The second kappa shape index (κ2) is 27.3. The molecule has 0 aliphatic rings. The van der Waals surface area contributed by atoms with Gasteiger partial charge in [0.25, 0.3) is 0 Å². The molecule has 18 heavy (non-hydrogen) atoms. The van der Waals surface area contributed by atoms with Crippen molar-refractivity contribution in [2.45, 2.75) is 70.7 Å². The first-order valence-corrected chi connectivity index (χ1v) is 4.20. The van der Waals surface area contributed by atoms with Crippen LogP contribution in [0.1, 0.15) is 70.7 Å². The van der Waals surface area contributed by atoms with Gasteiger partial charge in [-0.15, -0.1) is 13.8 Å². The van der Waals surface area contributed by atoms with Crippen LogP contribution in [-0.4, -0.2) is 6.29 Å². The van der Waals surface area contributed by atoms with Crippen LogP contribution in [0.25, 0.3) is 0 Å². The molecule has 0 heterocycles. The molecular formula is C15H36OY2-4. The first-order valence-electron chi connectivity index (χ1n) is 4.20. The first-order chi connectivity index (χ1) is 5.30. The van der Waals surface area contributed by atoms with Crippen molar-refractivity contribution < 1.29 is 70.2 Å². The largest absolute Gasteiger partial charge is 0.542 e. The molecule has 0 aliphatic heterocycles. The fourth-order valence-corrected chi connectivity index (χ4v) is 0.500. The Kier molecular flexibility index (Phi) is 76.0. The summed E-state index contributed by atoms with van der Waals surface area (Å²) in [4.78, 5) is 8.68. The Balaban J connectivity index is -0.0000000170. The second-order valence-corrected chi connectivity index (χ2v) is 3.83. The topological polar surface area (TPSA) is 17.1 Å². The van der Waals surface area contributed by atoms with E-state index in [0.717, 1.165) is 0 Å². The number of carbonyl (C=O) groups excluding carboxylic acids is 1. The number of rotatable bonds is 2. The van der Waals surface area contributed by atoms with Crippen molar-refractivity contribution in [3.8, 4) is 0 Å². The molecule has 0 saturated carbocycles. The fraction of sp³-hybridized carbons (Fsp3) is 0.733. The second-order valence-electron chi connectivity index (χ2n) is 3.83. The van der Waals surface area contributed by atoms with E-state index in [9.17, 15) is 0 Å². The minimum absolute atomic E-state index is 0. The Morgan fingerprint density at radius 2 is 0.944 bits per heavy atom. The summed E-state index contributed by atoms with van der Waals surface area (Å²) in [5, 5.41) is 0. The van der Waals surface area contributed by atoms with Gasteiger partial charge in [0.15, 0.2) is 0 Å². The maximum atomic E-state index is 8.68. The minimum atomic E-state index is 0. The van der Waals surface area contributed by atoms with Gasteiger partial charge in [-0.2, -0.15) is 34.6 Å². The molecular weight excluding hydrogens is 374 g/mol. The van der Waals surface area contributed by atoms with E-state index >= 15 is 0 Å². The Morgan fingerprint density at radius 1 is 0.833 bits per heavy atom. The van der Waals surface area contributed by atoms with Crippen LogP contribution in [0.4, 0.5) is 0 Å². The van der Waals surface area contributed by atoms with E-state index in [4.69, 9.17) is 4.79 Å². The summed E-state index contributed by atoms with van der Waals surface area (Å²) in [6, 6.07) is 0. The maximum absolute atomic E-state index is 8.68. The summed E-state index contributed by atoms with van der Waals surface area (Å²) in [7, 11) is 0. The van der Waals surface area contributed by atoms with E-state index in [2.05, 4.69) is 41.5 Å². The molecule has 0 fully saturated rings. The molecule has 112 valence electrons.